The lowest BCUT2D eigenvalue weighted by atomic mass is 10.0. The Morgan fingerprint density at radius 3 is 2.79 bits per heavy atom. The first-order valence-electron chi connectivity index (χ1n) is 8.39. The predicted molar refractivity (Wildman–Crippen MR) is 107 cm³/mol. The highest BCUT2D eigenvalue weighted by Gasteiger charge is 2.21. The summed E-state index contributed by atoms with van der Waals surface area (Å²) in [6, 6.07) is 10.1. The van der Waals surface area contributed by atoms with Crippen molar-refractivity contribution in [2.45, 2.75) is 0 Å². The molecule has 0 fully saturated rings. The summed E-state index contributed by atoms with van der Waals surface area (Å²) in [7, 11) is 0. The zero-order valence-electron chi connectivity index (χ0n) is 14.4. The number of pyridine rings is 2. The van der Waals surface area contributed by atoms with Gasteiger partial charge in [0.15, 0.2) is 5.58 Å². The van der Waals surface area contributed by atoms with Crippen molar-refractivity contribution in [2.24, 2.45) is 0 Å². The van der Waals surface area contributed by atoms with Crippen molar-refractivity contribution in [3.8, 4) is 22.5 Å². The fourth-order valence-electron chi connectivity index (χ4n) is 3.26. The van der Waals surface area contributed by atoms with Crippen LogP contribution in [0.4, 0.5) is 16.0 Å². The van der Waals surface area contributed by atoms with Crippen molar-refractivity contribution < 1.29 is 8.81 Å². The van der Waals surface area contributed by atoms with Crippen LogP contribution in [0, 0.1) is 5.82 Å². The van der Waals surface area contributed by atoms with Gasteiger partial charge in [0, 0.05) is 24.2 Å². The number of benzene rings is 1. The second-order valence-electron chi connectivity index (χ2n) is 6.33. The van der Waals surface area contributed by atoms with Gasteiger partial charge in [0.25, 0.3) is 0 Å². The minimum absolute atomic E-state index is 0.00474. The van der Waals surface area contributed by atoms with Crippen LogP contribution in [0.2, 0.25) is 5.02 Å². The standard InChI is InChI=1S/C20H13ClFN5O/c21-12-7-10(4-5-13(12)22)11-8-25-18(19-16(11)17(23)20(24)28-19)14-9-27-6-2-1-3-15(27)26-14/h1-9H,23-24H2. The summed E-state index contributed by atoms with van der Waals surface area (Å²) in [5, 5.41) is 0.590. The lowest BCUT2D eigenvalue weighted by Gasteiger charge is -2.07. The van der Waals surface area contributed by atoms with Crippen LogP contribution in [0.15, 0.2) is 59.4 Å². The molecule has 5 aromatic rings. The molecule has 0 aliphatic rings. The number of aromatic nitrogens is 3. The number of anilines is 2. The molecular weight excluding hydrogens is 381 g/mol. The predicted octanol–water partition coefficient (Wildman–Crippen LogP) is 4.77. The summed E-state index contributed by atoms with van der Waals surface area (Å²) in [6.07, 6.45) is 5.37. The van der Waals surface area contributed by atoms with Gasteiger partial charge in [-0.15, -0.1) is 0 Å². The zero-order valence-corrected chi connectivity index (χ0v) is 15.1. The Hall–Kier alpha value is -3.58. The number of halogens is 2. The minimum atomic E-state index is -0.504. The van der Waals surface area contributed by atoms with Gasteiger partial charge < -0.3 is 20.3 Å². The largest absolute Gasteiger partial charge is 0.436 e. The molecule has 0 atom stereocenters. The van der Waals surface area contributed by atoms with E-state index in [-0.39, 0.29) is 16.6 Å². The van der Waals surface area contributed by atoms with Gasteiger partial charge in [-0.3, -0.25) is 0 Å². The molecule has 0 spiro atoms. The Kier molecular flexibility index (Phi) is 3.53. The van der Waals surface area contributed by atoms with E-state index in [1.807, 2.05) is 35.0 Å². The van der Waals surface area contributed by atoms with Crippen LogP contribution in [-0.2, 0) is 0 Å². The molecule has 0 bridgehead atoms. The van der Waals surface area contributed by atoms with Crippen LogP contribution in [-0.4, -0.2) is 14.4 Å². The molecule has 4 aromatic heterocycles. The molecule has 4 N–H and O–H groups in total. The summed E-state index contributed by atoms with van der Waals surface area (Å²) >= 11 is 5.94. The second-order valence-corrected chi connectivity index (χ2v) is 6.73. The molecule has 0 aliphatic heterocycles. The first-order chi connectivity index (χ1) is 13.5. The summed E-state index contributed by atoms with van der Waals surface area (Å²) in [6.45, 7) is 0. The summed E-state index contributed by atoms with van der Waals surface area (Å²) in [5.41, 5.74) is 16.0. The minimum Gasteiger partial charge on any atom is -0.436 e. The van der Waals surface area contributed by atoms with Crippen LogP contribution in [0.3, 0.4) is 0 Å². The molecule has 28 heavy (non-hydrogen) atoms. The van der Waals surface area contributed by atoms with Gasteiger partial charge in [0.1, 0.15) is 28.5 Å². The summed E-state index contributed by atoms with van der Waals surface area (Å²) in [5.74, 6) is -0.418. The third-order valence-corrected chi connectivity index (χ3v) is 4.91. The van der Waals surface area contributed by atoms with E-state index in [0.717, 1.165) is 5.65 Å². The fourth-order valence-corrected chi connectivity index (χ4v) is 3.44. The second kappa shape index (κ2) is 5.97. The Morgan fingerprint density at radius 2 is 2.00 bits per heavy atom. The van der Waals surface area contributed by atoms with Gasteiger partial charge in [-0.05, 0) is 29.8 Å². The lowest BCUT2D eigenvalue weighted by molar-refractivity contribution is 0.628. The Balaban J connectivity index is 1.79. The fraction of sp³-hybridized carbons (Fsp3) is 0. The number of fused-ring (bicyclic) bond motifs is 2. The molecule has 0 amide bonds. The highest BCUT2D eigenvalue weighted by molar-refractivity contribution is 6.31. The number of nitrogens with two attached hydrogens (primary N) is 2. The molecule has 1 aromatic carbocycles. The normalized spacial score (nSPS) is 11.5. The van der Waals surface area contributed by atoms with Crippen LogP contribution >= 0.6 is 11.6 Å². The molecule has 0 saturated carbocycles. The van der Waals surface area contributed by atoms with Crippen molar-refractivity contribution in [1.82, 2.24) is 14.4 Å². The molecular formula is C20H13ClFN5O. The number of hydrogen-bond donors (Lipinski definition) is 2. The van der Waals surface area contributed by atoms with Gasteiger partial charge in [-0.25, -0.2) is 14.4 Å². The average Bonchev–Trinajstić information content (AvgIpc) is 3.25. The van der Waals surface area contributed by atoms with Crippen molar-refractivity contribution >= 4 is 39.8 Å². The number of furan rings is 1. The van der Waals surface area contributed by atoms with E-state index in [1.165, 1.54) is 12.1 Å². The summed E-state index contributed by atoms with van der Waals surface area (Å²) < 4.78 is 21.2. The third kappa shape index (κ3) is 2.40. The van der Waals surface area contributed by atoms with Crippen LogP contribution < -0.4 is 11.5 Å². The van der Waals surface area contributed by atoms with Crippen LogP contribution in [0.5, 0.6) is 0 Å². The summed E-state index contributed by atoms with van der Waals surface area (Å²) in [4.78, 5) is 9.13. The van der Waals surface area contributed by atoms with E-state index < -0.39 is 5.82 Å². The van der Waals surface area contributed by atoms with Gasteiger partial charge in [-0.1, -0.05) is 23.7 Å². The first kappa shape index (κ1) is 16.6. The molecule has 8 heteroatoms. The maximum Gasteiger partial charge on any atom is 0.215 e. The number of rotatable bonds is 2. The Labute approximate surface area is 163 Å². The van der Waals surface area contributed by atoms with Crippen LogP contribution in [0.1, 0.15) is 0 Å². The SMILES string of the molecule is Nc1oc2c(-c3cn4ccccc4n3)ncc(-c3ccc(F)c(Cl)c3)c2c1N. The molecule has 0 radical (unpaired) electrons. The highest BCUT2D eigenvalue weighted by Crippen LogP contribution is 2.42. The monoisotopic (exact) mass is 393 g/mol. The third-order valence-electron chi connectivity index (χ3n) is 4.62. The van der Waals surface area contributed by atoms with Gasteiger partial charge in [-0.2, -0.15) is 0 Å². The maximum absolute atomic E-state index is 13.6. The lowest BCUT2D eigenvalue weighted by Crippen LogP contribution is -1.92. The van der Waals surface area contributed by atoms with E-state index in [0.29, 0.717) is 33.5 Å². The van der Waals surface area contributed by atoms with E-state index in [9.17, 15) is 4.39 Å². The quantitative estimate of drug-likeness (QED) is 0.450. The van der Waals surface area contributed by atoms with E-state index in [1.54, 1.807) is 12.3 Å². The Bertz CT molecular complexity index is 1340. The van der Waals surface area contributed by atoms with Gasteiger partial charge in [0.05, 0.1) is 10.4 Å². The smallest absolute Gasteiger partial charge is 0.215 e. The molecule has 0 aliphatic carbocycles. The molecule has 0 unspecified atom stereocenters. The van der Waals surface area contributed by atoms with Crippen molar-refractivity contribution in [3.63, 3.8) is 0 Å². The molecule has 5 rings (SSSR count). The molecule has 6 nitrogen and oxygen atoms in total. The van der Waals surface area contributed by atoms with E-state index >= 15 is 0 Å². The van der Waals surface area contributed by atoms with E-state index in [4.69, 9.17) is 27.5 Å². The Morgan fingerprint density at radius 1 is 1.14 bits per heavy atom. The van der Waals surface area contributed by atoms with Crippen molar-refractivity contribution in [2.75, 3.05) is 11.5 Å². The van der Waals surface area contributed by atoms with Gasteiger partial charge in [0.2, 0.25) is 5.88 Å². The number of imidazole rings is 1. The van der Waals surface area contributed by atoms with E-state index in [2.05, 4.69) is 9.97 Å². The molecule has 0 saturated heterocycles. The number of nitrogens with zero attached hydrogens (tertiary/aromatic N) is 3. The number of hydrogen-bond acceptors (Lipinski definition) is 5. The van der Waals surface area contributed by atoms with Gasteiger partial charge >= 0.3 is 0 Å². The topological polar surface area (TPSA) is 95.4 Å². The molecule has 4 heterocycles. The van der Waals surface area contributed by atoms with Crippen molar-refractivity contribution in [1.29, 1.82) is 0 Å². The number of nitrogen functional groups attached to an aromatic ring is 2. The molecule has 138 valence electrons. The first-order valence-corrected chi connectivity index (χ1v) is 8.76. The highest BCUT2D eigenvalue weighted by atomic mass is 35.5. The van der Waals surface area contributed by atoms with Crippen molar-refractivity contribution in [3.05, 3.63) is 65.8 Å². The maximum atomic E-state index is 13.6. The average molecular weight is 394 g/mol. The van der Waals surface area contributed by atoms with Crippen LogP contribution in [0.25, 0.3) is 39.1 Å². The zero-order chi connectivity index (χ0) is 19.4.